The molecule has 1 saturated carbocycles. The number of benzene rings is 1. The number of aryl methyl sites for hydroxylation is 1. The quantitative estimate of drug-likeness (QED) is 0.753. The summed E-state index contributed by atoms with van der Waals surface area (Å²) in [6.07, 6.45) is 6.22. The van der Waals surface area contributed by atoms with Crippen LogP contribution >= 0.6 is 0 Å². The third-order valence-corrected chi connectivity index (χ3v) is 7.06. The van der Waals surface area contributed by atoms with Gasteiger partial charge in [0.25, 0.3) is 0 Å². The van der Waals surface area contributed by atoms with Gasteiger partial charge in [-0.1, -0.05) is 36.2 Å². The van der Waals surface area contributed by atoms with E-state index in [9.17, 15) is 0 Å². The Balaban J connectivity index is 1.26. The topological polar surface area (TPSA) is 46.2 Å². The van der Waals surface area contributed by atoms with Gasteiger partial charge in [0, 0.05) is 25.4 Å². The van der Waals surface area contributed by atoms with E-state index in [1.165, 1.54) is 30.4 Å². The Hall–Kier alpha value is -0.980. The first-order valence-corrected chi connectivity index (χ1v) is 10.6. The summed E-state index contributed by atoms with van der Waals surface area (Å²) in [4.78, 5) is 0. The standard InChI is InChI=1S/C22H28O5/c1-13-6-5-7-14(12-13)17-16-15(8-11-23-17)24-19-18(16)25-21-20(19)26-22(27-21)9-3-2-4-10-22/h5-7,12,15-21H,2-4,8-11H2,1H3. The van der Waals surface area contributed by atoms with E-state index in [-0.39, 0.29) is 42.7 Å². The van der Waals surface area contributed by atoms with Crippen molar-refractivity contribution in [3.05, 3.63) is 35.4 Å². The molecule has 1 aromatic rings. The van der Waals surface area contributed by atoms with Crippen molar-refractivity contribution < 1.29 is 23.7 Å². The molecule has 4 saturated heterocycles. The molecule has 4 aliphatic heterocycles. The van der Waals surface area contributed by atoms with Gasteiger partial charge in [-0.05, 0) is 31.7 Å². The van der Waals surface area contributed by atoms with E-state index < -0.39 is 5.79 Å². The molecule has 7 unspecified atom stereocenters. The minimum Gasteiger partial charge on any atom is -0.373 e. The molecular weight excluding hydrogens is 344 g/mol. The average molecular weight is 372 g/mol. The number of hydrogen-bond acceptors (Lipinski definition) is 5. The van der Waals surface area contributed by atoms with Crippen molar-refractivity contribution in [3.63, 3.8) is 0 Å². The summed E-state index contributed by atoms with van der Waals surface area (Å²) in [5.41, 5.74) is 2.48. The summed E-state index contributed by atoms with van der Waals surface area (Å²) in [6.45, 7) is 2.86. The van der Waals surface area contributed by atoms with Crippen LogP contribution in [0.15, 0.2) is 24.3 Å². The highest BCUT2D eigenvalue weighted by Crippen LogP contribution is 2.53. The molecule has 7 atom stereocenters. The van der Waals surface area contributed by atoms with Gasteiger partial charge in [-0.15, -0.1) is 0 Å². The van der Waals surface area contributed by atoms with Crippen LogP contribution in [0.4, 0.5) is 0 Å². The van der Waals surface area contributed by atoms with Crippen molar-refractivity contribution in [2.45, 2.75) is 88.0 Å². The second-order valence-electron chi connectivity index (χ2n) is 8.85. The van der Waals surface area contributed by atoms with E-state index in [2.05, 4.69) is 31.2 Å². The molecule has 5 aliphatic rings. The molecule has 27 heavy (non-hydrogen) atoms. The molecule has 4 heterocycles. The summed E-state index contributed by atoms with van der Waals surface area (Å²) in [5, 5.41) is 0. The van der Waals surface area contributed by atoms with Crippen molar-refractivity contribution >= 4 is 0 Å². The molecule has 0 bridgehead atoms. The van der Waals surface area contributed by atoms with Gasteiger partial charge in [0.2, 0.25) is 0 Å². The van der Waals surface area contributed by atoms with Gasteiger partial charge in [-0.25, -0.2) is 0 Å². The Kier molecular flexibility index (Phi) is 3.92. The maximum absolute atomic E-state index is 6.51. The van der Waals surface area contributed by atoms with Crippen molar-refractivity contribution in [2.75, 3.05) is 6.61 Å². The lowest BCUT2D eigenvalue weighted by Crippen LogP contribution is -2.40. The van der Waals surface area contributed by atoms with Crippen LogP contribution in [0.3, 0.4) is 0 Å². The summed E-state index contributed by atoms with van der Waals surface area (Å²) in [6, 6.07) is 8.61. The Morgan fingerprint density at radius 2 is 1.85 bits per heavy atom. The minimum absolute atomic E-state index is 0.0149. The third-order valence-electron chi connectivity index (χ3n) is 7.06. The first kappa shape index (κ1) is 16.9. The lowest BCUT2D eigenvalue weighted by Gasteiger charge is -2.36. The summed E-state index contributed by atoms with van der Waals surface area (Å²) in [5.74, 6) is -0.229. The maximum Gasteiger partial charge on any atom is 0.190 e. The molecule has 5 heteroatoms. The molecule has 1 aliphatic carbocycles. The third kappa shape index (κ3) is 2.63. The first-order valence-electron chi connectivity index (χ1n) is 10.6. The summed E-state index contributed by atoms with van der Waals surface area (Å²) in [7, 11) is 0. The van der Waals surface area contributed by atoms with Crippen LogP contribution in [-0.2, 0) is 23.7 Å². The number of ether oxygens (including phenoxy) is 5. The van der Waals surface area contributed by atoms with Gasteiger partial charge in [0.05, 0.1) is 18.3 Å². The maximum atomic E-state index is 6.51. The largest absolute Gasteiger partial charge is 0.373 e. The van der Waals surface area contributed by atoms with Gasteiger partial charge in [-0.2, -0.15) is 0 Å². The van der Waals surface area contributed by atoms with E-state index in [0.717, 1.165) is 25.9 Å². The molecule has 1 aromatic carbocycles. The molecule has 0 aromatic heterocycles. The molecular formula is C22H28O5. The van der Waals surface area contributed by atoms with Gasteiger partial charge in [-0.3, -0.25) is 0 Å². The van der Waals surface area contributed by atoms with Crippen LogP contribution in [0.2, 0.25) is 0 Å². The molecule has 0 amide bonds. The highest BCUT2D eigenvalue weighted by atomic mass is 16.8. The zero-order valence-electron chi connectivity index (χ0n) is 15.8. The number of rotatable bonds is 1. The van der Waals surface area contributed by atoms with Crippen molar-refractivity contribution in [1.82, 2.24) is 0 Å². The second-order valence-corrected chi connectivity index (χ2v) is 8.85. The predicted molar refractivity (Wildman–Crippen MR) is 97.1 cm³/mol. The van der Waals surface area contributed by atoms with E-state index in [0.29, 0.717) is 0 Å². The Morgan fingerprint density at radius 3 is 2.70 bits per heavy atom. The van der Waals surface area contributed by atoms with Crippen LogP contribution in [0.25, 0.3) is 0 Å². The zero-order chi connectivity index (χ0) is 18.0. The monoisotopic (exact) mass is 372 g/mol. The van der Waals surface area contributed by atoms with Crippen molar-refractivity contribution in [1.29, 1.82) is 0 Å². The Labute approximate surface area is 160 Å². The highest BCUT2D eigenvalue weighted by molar-refractivity contribution is 5.26. The Bertz CT molecular complexity index is 714. The number of hydrogen-bond donors (Lipinski definition) is 0. The lowest BCUT2D eigenvalue weighted by molar-refractivity contribution is -0.245. The molecule has 6 rings (SSSR count). The van der Waals surface area contributed by atoms with Gasteiger partial charge in [0.15, 0.2) is 12.1 Å². The van der Waals surface area contributed by atoms with Crippen LogP contribution in [0.5, 0.6) is 0 Å². The van der Waals surface area contributed by atoms with Gasteiger partial charge < -0.3 is 23.7 Å². The van der Waals surface area contributed by atoms with E-state index >= 15 is 0 Å². The molecule has 0 radical (unpaired) electrons. The van der Waals surface area contributed by atoms with Crippen LogP contribution < -0.4 is 0 Å². The highest BCUT2D eigenvalue weighted by Gasteiger charge is 2.65. The zero-order valence-corrected chi connectivity index (χ0v) is 15.8. The second kappa shape index (κ2) is 6.26. The van der Waals surface area contributed by atoms with E-state index in [1.54, 1.807) is 0 Å². The fourth-order valence-electron chi connectivity index (χ4n) is 5.87. The number of fused-ring (bicyclic) bond motifs is 5. The summed E-state index contributed by atoms with van der Waals surface area (Å²) >= 11 is 0. The van der Waals surface area contributed by atoms with Gasteiger partial charge in [0.1, 0.15) is 12.2 Å². The fourth-order valence-corrected chi connectivity index (χ4v) is 5.87. The summed E-state index contributed by atoms with van der Waals surface area (Å²) < 4.78 is 32.0. The smallest absolute Gasteiger partial charge is 0.190 e. The molecule has 0 N–H and O–H groups in total. The van der Waals surface area contributed by atoms with Crippen LogP contribution in [0, 0.1) is 12.8 Å². The minimum atomic E-state index is -0.428. The van der Waals surface area contributed by atoms with Crippen molar-refractivity contribution in [2.24, 2.45) is 5.92 Å². The first-order chi connectivity index (χ1) is 13.2. The lowest BCUT2D eigenvalue weighted by atomic mass is 9.83. The van der Waals surface area contributed by atoms with E-state index in [1.807, 2.05) is 0 Å². The van der Waals surface area contributed by atoms with E-state index in [4.69, 9.17) is 23.7 Å². The SMILES string of the molecule is Cc1cccc(C2OCCC3OC4C5OC6(CCCCC6)OC5OC4C32)c1. The molecule has 1 spiro atoms. The molecule has 146 valence electrons. The average Bonchev–Trinajstić information content (AvgIpc) is 3.30. The van der Waals surface area contributed by atoms with Crippen LogP contribution in [0.1, 0.15) is 55.8 Å². The fraction of sp³-hybridized carbons (Fsp3) is 0.727. The normalized spacial score (nSPS) is 44.9. The predicted octanol–water partition coefficient (Wildman–Crippen LogP) is 3.64. The molecule has 5 fully saturated rings. The molecule has 5 nitrogen and oxygen atoms in total. The van der Waals surface area contributed by atoms with Crippen molar-refractivity contribution in [3.8, 4) is 0 Å². The van der Waals surface area contributed by atoms with Crippen LogP contribution in [-0.4, -0.2) is 43.1 Å². The van der Waals surface area contributed by atoms with Gasteiger partial charge >= 0.3 is 0 Å². The Morgan fingerprint density at radius 1 is 0.963 bits per heavy atom.